The van der Waals surface area contributed by atoms with E-state index in [0.717, 1.165) is 16.4 Å². The predicted molar refractivity (Wildman–Crippen MR) is 73.2 cm³/mol. The number of carbonyl (C=O) groups excluding carboxylic acids is 1. The van der Waals surface area contributed by atoms with E-state index >= 15 is 0 Å². The molecule has 0 saturated carbocycles. The predicted octanol–water partition coefficient (Wildman–Crippen LogP) is 2.77. The number of benzene rings is 1. The number of nitrogens with one attached hydrogen (secondary N) is 1. The molecular formula is C14H12F2N4O2. The minimum absolute atomic E-state index is 0.0164. The van der Waals surface area contributed by atoms with E-state index in [2.05, 4.69) is 10.4 Å². The van der Waals surface area contributed by atoms with E-state index in [0.29, 0.717) is 0 Å². The van der Waals surface area contributed by atoms with Gasteiger partial charge in [-0.05, 0) is 5.56 Å². The Bertz CT molecular complexity index is 680. The fourth-order valence-corrected chi connectivity index (χ4v) is 1.69. The topological polar surface area (TPSA) is 79.9 Å². The van der Waals surface area contributed by atoms with Crippen LogP contribution in [0.25, 0.3) is 0 Å². The molecule has 1 heterocycles. The first kappa shape index (κ1) is 15.4. The monoisotopic (exact) mass is 306 g/mol. The molecule has 0 aliphatic heterocycles. The molecule has 2 aromatic rings. The second kappa shape index (κ2) is 7.17. The highest BCUT2D eigenvalue weighted by Gasteiger charge is 2.14. The van der Waals surface area contributed by atoms with Gasteiger partial charge in [-0.25, -0.2) is 13.6 Å². The molecule has 22 heavy (non-hydrogen) atoms. The zero-order chi connectivity index (χ0) is 15.9. The molecule has 0 aliphatic carbocycles. The summed E-state index contributed by atoms with van der Waals surface area (Å²) in [5.74, 6) is -0.110. The molecule has 0 spiro atoms. The van der Waals surface area contributed by atoms with Crippen molar-refractivity contribution in [3.8, 4) is 6.07 Å². The molecule has 0 bridgehead atoms. The summed E-state index contributed by atoms with van der Waals surface area (Å²) in [6.07, 6.45) is -2.29. The first-order valence-corrected chi connectivity index (χ1v) is 6.32. The smallest absolute Gasteiger partial charge is 0.413 e. The molecule has 1 aromatic carbocycles. The Hall–Kier alpha value is -2.95. The van der Waals surface area contributed by atoms with Gasteiger partial charge in [0.25, 0.3) is 6.43 Å². The number of anilines is 1. The van der Waals surface area contributed by atoms with Gasteiger partial charge in [0, 0.05) is 6.20 Å². The van der Waals surface area contributed by atoms with E-state index in [1.54, 1.807) is 30.3 Å². The van der Waals surface area contributed by atoms with Crippen LogP contribution in [-0.2, 0) is 17.9 Å². The lowest BCUT2D eigenvalue weighted by Crippen LogP contribution is -2.15. The number of halogens is 2. The number of nitrogens with zero attached hydrogens (tertiary/aromatic N) is 3. The molecule has 0 unspecified atom stereocenters. The molecule has 0 aliphatic rings. The second-order valence-corrected chi connectivity index (χ2v) is 4.30. The standard InChI is InChI=1S/C14H12F2N4O2/c15-12(16)8-20-7-11(6-17)13(19-20)18-14(21)22-9-10-4-2-1-3-5-10/h1-5,7,12H,8-9H2,(H,18,19,21). The molecular weight excluding hydrogens is 294 g/mol. The average molecular weight is 306 g/mol. The molecule has 114 valence electrons. The molecule has 1 aromatic heterocycles. The molecule has 8 heteroatoms. The van der Waals surface area contributed by atoms with Gasteiger partial charge in [0.1, 0.15) is 24.8 Å². The maximum Gasteiger partial charge on any atom is 0.413 e. The molecule has 0 radical (unpaired) electrons. The SMILES string of the molecule is N#Cc1cn(CC(F)F)nc1NC(=O)OCc1ccccc1. The van der Waals surface area contributed by atoms with E-state index in [-0.39, 0.29) is 18.0 Å². The van der Waals surface area contributed by atoms with Gasteiger partial charge >= 0.3 is 6.09 Å². The summed E-state index contributed by atoms with van der Waals surface area (Å²) in [5.41, 5.74) is 0.777. The van der Waals surface area contributed by atoms with Gasteiger partial charge in [0.15, 0.2) is 5.82 Å². The van der Waals surface area contributed by atoms with Gasteiger partial charge in [-0.1, -0.05) is 30.3 Å². The molecule has 6 nitrogen and oxygen atoms in total. The Labute approximate surface area is 124 Å². The lowest BCUT2D eigenvalue weighted by Gasteiger charge is -2.05. The zero-order valence-corrected chi connectivity index (χ0v) is 11.4. The zero-order valence-electron chi connectivity index (χ0n) is 11.4. The molecule has 1 N–H and O–H groups in total. The molecule has 2 rings (SSSR count). The van der Waals surface area contributed by atoms with Crippen LogP contribution in [0.5, 0.6) is 0 Å². The number of carbonyl (C=O) groups is 1. The summed E-state index contributed by atoms with van der Waals surface area (Å²) in [7, 11) is 0. The second-order valence-electron chi connectivity index (χ2n) is 4.30. The Balaban J connectivity index is 1.96. The van der Waals surface area contributed by atoms with Crippen molar-refractivity contribution < 1.29 is 18.3 Å². The minimum Gasteiger partial charge on any atom is -0.444 e. The Morgan fingerprint density at radius 2 is 2.14 bits per heavy atom. The number of rotatable bonds is 5. The van der Waals surface area contributed by atoms with Crippen LogP contribution in [-0.4, -0.2) is 22.3 Å². The highest BCUT2D eigenvalue weighted by atomic mass is 19.3. The molecule has 1 amide bonds. The maximum atomic E-state index is 12.3. The van der Waals surface area contributed by atoms with Crippen molar-refractivity contribution >= 4 is 11.9 Å². The van der Waals surface area contributed by atoms with Crippen LogP contribution in [0.1, 0.15) is 11.1 Å². The average Bonchev–Trinajstić information content (AvgIpc) is 2.87. The van der Waals surface area contributed by atoms with Crippen molar-refractivity contribution in [1.29, 1.82) is 5.26 Å². The number of ether oxygens (including phenoxy) is 1. The summed E-state index contributed by atoms with van der Waals surface area (Å²) in [5, 5.41) is 14.9. The Morgan fingerprint density at radius 1 is 1.41 bits per heavy atom. The number of hydrogen-bond donors (Lipinski definition) is 1. The van der Waals surface area contributed by atoms with Crippen LogP contribution in [0, 0.1) is 11.3 Å². The first-order chi connectivity index (χ1) is 10.6. The third-order valence-electron chi connectivity index (χ3n) is 2.64. The molecule has 0 fully saturated rings. The van der Waals surface area contributed by atoms with Crippen molar-refractivity contribution in [3.05, 3.63) is 47.7 Å². The quantitative estimate of drug-likeness (QED) is 0.921. The van der Waals surface area contributed by atoms with Crippen molar-refractivity contribution in [2.45, 2.75) is 19.6 Å². The van der Waals surface area contributed by atoms with Crippen molar-refractivity contribution in [2.75, 3.05) is 5.32 Å². The Kier molecular flexibility index (Phi) is 5.03. The van der Waals surface area contributed by atoms with E-state index in [4.69, 9.17) is 10.00 Å². The largest absolute Gasteiger partial charge is 0.444 e. The van der Waals surface area contributed by atoms with E-state index in [9.17, 15) is 13.6 Å². The van der Waals surface area contributed by atoms with Crippen LogP contribution >= 0.6 is 0 Å². The lowest BCUT2D eigenvalue weighted by molar-refractivity contribution is 0.122. The normalized spacial score (nSPS) is 10.3. The molecule has 0 atom stereocenters. The number of aromatic nitrogens is 2. The van der Waals surface area contributed by atoms with E-state index in [1.165, 1.54) is 0 Å². The van der Waals surface area contributed by atoms with Crippen molar-refractivity contribution in [2.24, 2.45) is 0 Å². The van der Waals surface area contributed by atoms with Gasteiger partial charge in [-0.2, -0.15) is 10.4 Å². The maximum absolute atomic E-state index is 12.3. The third kappa shape index (κ3) is 4.28. The van der Waals surface area contributed by atoms with Gasteiger partial charge in [-0.3, -0.25) is 10.00 Å². The molecule has 0 saturated heterocycles. The highest BCUT2D eigenvalue weighted by molar-refractivity contribution is 5.84. The first-order valence-electron chi connectivity index (χ1n) is 6.32. The number of amides is 1. The van der Waals surface area contributed by atoms with E-state index in [1.807, 2.05) is 6.07 Å². The van der Waals surface area contributed by atoms with Crippen LogP contribution in [0.2, 0.25) is 0 Å². The van der Waals surface area contributed by atoms with Gasteiger partial charge in [0.05, 0.1) is 0 Å². The van der Waals surface area contributed by atoms with E-state index < -0.39 is 19.1 Å². The Morgan fingerprint density at radius 3 is 2.77 bits per heavy atom. The third-order valence-corrected chi connectivity index (χ3v) is 2.64. The van der Waals surface area contributed by atoms with Gasteiger partial charge in [-0.15, -0.1) is 0 Å². The minimum atomic E-state index is -2.61. The lowest BCUT2D eigenvalue weighted by atomic mass is 10.2. The number of hydrogen-bond acceptors (Lipinski definition) is 4. The fourth-order valence-electron chi connectivity index (χ4n) is 1.69. The summed E-state index contributed by atoms with van der Waals surface area (Å²) in [6, 6.07) is 10.8. The highest BCUT2D eigenvalue weighted by Crippen LogP contribution is 2.13. The van der Waals surface area contributed by atoms with Crippen LogP contribution in [0.4, 0.5) is 19.4 Å². The van der Waals surface area contributed by atoms with Crippen LogP contribution in [0.15, 0.2) is 36.5 Å². The van der Waals surface area contributed by atoms with Gasteiger partial charge in [0.2, 0.25) is 0 Å². The van der Waals surface area contributed by atoms with Crippen molar-refractivity contribution in [3.63, 3.8) is 0 Å². The summed E-state index contributed by atoms with van der Waals surface area (Å²) in [4.78, 5) is 11.6. The summed E-state index contributed by atoms with van der Waals surface area (Å²) in [6.45, 7) is -0.609. The summed E-state index contributed by atoms with van der Waals surface area (Å²) >= 11 is 0. The number of nitriles is 1. The van der Waals surface area contributed by atoms with Crippen molar-refractivity contribution in [1.82, 2.24) is 9.78 Å². The summed E-state index contributed by atoms with van der Waals surface area (Å²) < 4.78 is 30.4. The van der Waals surface area contributed by atoms with Gasteiger partial charge < -0.3 is 4.74 Å². The van der Waals surface area contributed by atoms with Crippen LogP contribution in [0.3, 0.4) is 0 Å². The fraction of sp³-hybridized carbons (Fsp3) is 0.214. The number of alkyl halides is 2. The van der Waals surface area contributed by atoms with Crippen LogP contribution < -0.4 is 5.32 Å².